The molecule has 2 saturated carbocycles. The molecule has 1 aliphatic heterocycles. The molecule has 0 aromatic heterocycles. The molecular weight excluding hydrogens is 400 g/mol. The molecule has 2 aliphatic carbocycles. The Morgan fingerprint density at radius 2 is 2.00 bits per heavy atom. The van der Waals surface area contributed by atoms with Crippen LogP contribution in [0.25, 0.3) is 0 Å². The van der Waals surface area contributed by atoms with Crippen molar-refractivity contribution in [3.63, 3.8) is 0 Å². The first-order chi connectivity index (χ1) is 15.6. The van der Waals surface area contributed by atoms with E-state index in [-0.39, 0.29) is 18.3 Å². The lowest BCUT2D eigenvalue weighted by Crippen LogP contribution is -2.38. The van der Waals surface area contributed by atoms with Crippen LogP contribution in [0, 0.1) is 11.3 Å². The second-order valence-corrected chi connectivity index (χ2v) is 10.6. The highest BCUT2D eigenvalue weighted by molar-refractivity contribution is 5.79. The van der Waals surface area contributed by atoms with Crippen LogP contribution in [0.4, 0.5) is 0 Å². The van der Waals surface area contributed by atoms with Crippen molar-refractivity contribution in [3.05, 3.63) is 23.8 Å². The van der Waals surface area contributed by atoms with Crippen LogP contribution >= 0.6 is 0 Å². The van der Waals surface area contributed by atoms with Gasteiger partial charge in [0.25, 0.3) is 0 Å². The van der Waals surface area contributed by atoms with Crippen molar-refractivity contribution in [2.45, 2.75) is 115 Å². The Bertz CT molecular complexity index is 760. The molecule has 0 radical (unpaired) electrons. The summed E-state index contributed by atoms with van der Waals surface area (Å²) in [7, 11) is 0. The molecule has 1 aromatic carbocycles. The summed E-state index contributed by atoms with van der Waals surface area (Å²) in [6.07, 6.45) is 15.4. The molecular formula is C28H42O4. The molecule has 0 amide bonds. The molecule has 1 spiro atoms. The van der Waals surface area contributed by atoms with Crippen LogP contribution in [0.15, 0.2) is 18.2 Å². The number of fused-ring (bicyclic) bond motifs is 2. The summed E-state index contributed by atoms with van der Waals surface area (Å²) in [5.74, 6) is 2.64. The molecule has 2 bridgehead atoms. The SMILES string of the molecule is CCCCCC(O)CC(=O)CCc1ccc2c(c1)OC1CCCC3(CCCC3CCO2)C1. The highest BCUT2D eigenvalue weighted by atomic mass is 16.5. The molecule has 1 aromatic rings. The van der Waals surface area contributed by atoms with E-state index >= 15 is 0 Å². The number of unbranched alkanes of at least 4 members (excludes halogenated alkanes) is 2. The summed E-state index contributed by atoms with van der Waals surface area (Å²) in [5, 5.41) is 10.1. The van der Waals surface area contributed by atoms with Gasteiger partial charge in [0.15, 0.2) is 11.5 Å². The van der Waals surface area contributed by atoms with Crippen LogP contribution in [0.2, 0.25) is 0 Å². The lowest BCUT2D eigenvalue weighted by Gasteiger charge is -2.43. The van der Waals surface area contributed by atoms with Gasteiger partial charge in [0.05, 0.1) is 18.8 Å². The zero-order valence-electron chi connectivity index (χ0n) is 19.9. The molecule has 1 N–H and O–H groups in total. The number of aryl methyl sites for hydroxylation is 1. The fraction of sp³-hybridized carbons (Fsp3) is 0.750. The number of aliphatic hydroxyl groups is 1. The maximum absolute atomic E-state index is 12.4. The van der Waals surface area contributed by atoms with Crippen molar-refractivity contribution in [3.8, 4) is 11.5 Å². The quantitative estimate of drug-likeness (QED) is 0.449. The van der Waals surface area contributed by atoms with Crippen molar-refractivity contribution in [1.29, 1.82) is 0 Å². The lowest BCUT2D eigenvalue weighted by atomic mass is 9.65. The molecule has 4 rings (SSSR count). The molecule has 2 fully saturated rings. The van der Waals surface area contributed by atoms with Gasteiger partial charge in [-0.05, 0) is 86.8 Å². The van der Waals surface area contributed by atoms with Crippen LogP contribution < -0.4 is 9.47 Å². The van der Waals surface area contributed by atoms with Crippen LogP contribution in [-0.4, -0.2) is 29.7 Å². The van der Waals surface area contributed by atoms with Crippen molar-refractivity contribution >= 4 is 5.78 Å². The minimum absolute atomic E-state index is 0.146. The van der Waals surface area contributed by atoms with Crippen molar-refractivity contribution in [2.75, 3.05) is 6.61 Å². The second-order valence-electron chi connectivity index (χ2n) is 10.6. The summed E-state index contributed by atoms with van der Waals surface area (Å²) in [5.41, 5.74) is 1.59. The number of hydrogen-bond donors (Lipinski definition) is 1. The highest BCUT2D eigenvalue weighted by Crippen LogP contribution is 2.55. The summed E-state index contributed by atoms with van der Waals surface area (Å²) in [6.45, 7) is 2.91. The van der Waals surface area contributed by atoms with E-state index in [0.29, 0.717) is 18.3 Å². The lowest BCUT2D eigenvalue weighted by molar-refractivity contribution is -0.121. The van der Waals surface area contributed by atoms with E-state index in [1.165, 1.54) is 38.5 Å². The van der Waals surface area contributed by atoms with Gasteiger partial charge < -0.3 is 14.6 Å². The van der Waals surface area contributed by atoms with Crippen LogP contribution in [0.5, 0.6) is 11.5 Å². The van der Waals surface area contributed by atoms with Crippen LogP contribution in [0.1, 0.15) is 102 Å². The molecule has 0 saturated heterocycles. The average Bonchev–Trinajstić information content (AvgIpc) is 3.14. The number of hydrogen-bond acceptors (Lipinski definition) is 4. The van der Waals surface area contributed by atoms with Gasteiger partial charge in [0, 0.05) is 12.8 Å². The van der Waals surface area contributed by atoms with Gasteiger partial charge in [-0.2, -0.15) is 0 Å². The van der Waals surface area contributed by atoms with Gasteiger partial charge in [-0.25, -0.2) is 0 Å². The van der Waals surface area contributed by atoms with E-state index < -0.39 is 6.10 Å². The first-order valence-electron chi connectivity index (χ1n) is 13.2. The molecule has 178 valence electrons. The third kappa shape index (κ3) is 5.87. The standard InChI is InChI=1S/C28H42O4/c1-2-3-4-8-23(29)19-24(30)12-10-21-11-13-26-27(18-21)32-25-9-6-16-28(20-25)15-5-7-22(28)14-17-31-26/h11,13,18,22-23,25,29H,2-10,12,14-17,19-20H2,1H3. The molecule has 1 heterocycles. The van der Waals surface area contributed by atoms with E-state index in [9.17, 15) is 9.90 Å². The number of ketones is 1. The Morgan fingerprint density at radius 1 is 1.16 bits per heavy atom. The minimum atomic E-state index is -0.493. The predicted octanol–water partition coefficient (Wildman–Crippen LogP) is 6.41. The predicted molar refractivity (Wildman–Crippen MR) is 127 cm³/mol. The van der Waals surface area contributed by atoms with Crippen molar-refractivity contribution < 1.29 is 19.4 Å². The largest absolute Gasteiger partial charge is 0.490 e. The Balaban J connectivity index is 1.36. The molecule has 32 heavy (non-hydrogen) atoms. The molecule has 3 aliphatic rings. The third-order valence-corrected chi connectivity index (χ3v) is 8.25. The van der Waals surface area contributed by atoms with E-state index in [2.05, 4.69) is 19.1 Å². The van der Waals surface area contributed by atoms with Gasteiger partial charge in [0.1, 0.15) is 5.78 Å². The normalized spacial score (nSPS) is 28.1. The summed E-state index contributed by atoms with van der Waals surface area (Å²) < 4.78 is 12.8. The number of ether oxygens (including phenoxy) is 2. The first kappa shape index (κ1) is 23.6. The van der Waals surface area contributed by atoms with E-state index in [1.54, 1.807) is 0 Å². The fourth-order valence-corrected chi connectivity index (χ4v) is 6.49. The highest BCUT2D eigenvalue weighted by Gasteiger charge is 2.46. The number of carbonyl (C=O) groups excluding carboxylic acids is 1. The van der Waals surface area contributed by atoms with Gasteiger partial charge in [-0.15, -0.1) is 0 Å². The second kappa shape index (κ2) is 11.0. The van der Waals surface area contributed by atoms with Gasteiger partial charge >= 0.3 is 0 Å². The first-order valence-corrected chi connectivity index (χ1v) is 13.2. The van der Waals surface area contributed by atoms with Crippen molar-refractivity contribution in [1.82, 2.24) is 0 Å². The van der Waals surface area contributed by atoms with E-state index in [1.807, 2.05) is 6.07 Å². The molecule has 4 heteroatoms. The molecule has 4 nitrogen and oxygen atoms in total. The third-order valence-electron chi connectivity index (χ3n) is 8.25. The summed E-state index contributed by atoms with van der Waals surface area (Å²) in [6, 6.07) is 6.19. The van der Waals surface area contributed by atoms with E-state index in [0.717, 1.165) is 68.1 Å². The van der Waals surface area contributed by atoms with Crippen LogP contribution in [0.3, 0.4) is 0 Å². The number of benzene rings is 1. The number of aliphatic hydroxyl groups excluding tert-OH is 1. The Hall–Kier alpha value is -1.55. The monoisotopic (exact) mass is 442 g/mol. The zero-order chi connectivity index (χ0) is 22.4. The average molecular weight is 443 g/mol. The maximum atomic E-state index is 12.4. The molecule has 4 unspecified atom stereocenters. The topological polar surface area (TPSA) is 55.8 Å². The number of rotatable bonds is 9. The number of Topliss-reactive ketones (excluding diaryl/α,β-unsaturated/α-hetero) is 1. The van der Waals surface area contributed by atoms with Gasteiger partial charge in [-0.3, -0.25) is 4.79 Å². The fourth-order valence-electron chi connectivity index (χ4n) is 6.49. The Labute approximate surface area is 194 Å². The maximum Gasteiger partial charge on any atom is 0.161 e. The molecule has 4 atom stereocenters. The summed E-state index contributed by atoms with van der Waals surface area (Å²) in [4.78, 5) is 12.4. The number of carbonyl (C=O) groups is 1. The minimum Gasteiger partial charge on any atom is -0.490 e. The zero-order valence-corrected chi connectivity index (χ0v) is 19.9. The van der Waals surface area contributed by atoms with Gasteiger partial charge in [0.2, 0.25) is 0 Å². The Morgan fingerprint density at radius 3 is 2.84 bits per heavy atom. The Kier molecular flexibility index (Phi) is 8.15. The van der Waals surface area contributed by atoms with Crippen molar-refractivity contribution in [2.24, 2.45) is 11.3 Å². The van der Waals surface area contributed by atoms with Gasteiger partial charge in [-0.1, -0.05) is 38.7 Å². The van der Waals surface area contributed by atoms with E-state index in [4.69, 9.17) is 9.47 Å². The summed E-state index contributed by atoms with van der Waals surface area (Å²) >= 11 is 0. The van der Waals surface area contributed by atoms with Crippen LogP contribution in [-0.2, 0) is 11.2 Å². The smallest absolute Gasteiger partial charge is 0.161 e.